The summed E-state index contributed by atoms with van der Waals surface area (Å²) in [5.74, 6) is 0.0746. The Morgan fingerprint density at radius 1 is 1.25 bits per heavy atom. The van der Waals surface area contributed by atoms with Crippen molar-refractivity contribution in [3.63, 3.8) is 0 Å². The van der Waals surface area contributed by atoms with Gasteiger partial charge in [-0.2, -0.15) is 0 Å². The van der Waals surface area contributed by atoms with Gasteiger partial charge in [0.05, 0.1) is 0 Å². The first-order chi connectivity index (χ1) is 9.56. The van der Waals surface area contributed by atoms with Crippen LogP contribution in [-0.2, 0) is 16.0 Å². The molecule has 1 aliphatic rings. The summed E-state index contributed by atoms with van der Waals surface area (Å²) in [6.45, 7) is 8.55. The second-order valence-electron chi connectivity index (χ2n) is 5.69. The Morgan fingerprint density at radius 3 is 2.40 bits per heavy atom. The minimum absolute atomic E-state index is 0.0746. The van der Waals surface area contributed by atoms with Gasteiger partial charge in [-0.15, -0.1) is 0 Å². The van der Waals surface area contributed by atoms with E-state index in [0.717, 1.165) is 25.2 Å². The smallest absolute Gasteiger partial charge is 0.279 e. The Balaban J connectivity index is 1.85. The Morgan fingerprint density at radius 2 is 1.85 bits per heavy atom. The Hall–Kier alpha value is -1.39. The van der Waals surface area contributed by atoms with Gasteiger partial charge in [-0.25, -0.2) is 0 Å². The van der Waals surface area contributed by atoms with E-state index >= 15 is 0 Å². The summed E-state index contributed by atoms with van der Waals surface area (Å²) < 4.78 is 5.69. The summed E-state index contributed by atoms with van der Waals surface area (Å²) >= 11 is 0. The number of aryl methyl sites for hydroxylation is 1. The fourth-order valence-electron chi connectivity index (χ4n) is 2.79. The lowest BCUT2D eigenvalue weighted by molar-refractivity contribution is -0.907. The van der Waals surface area contributed by atoms with Crippen LogP contribution in [0.1, 0.15) is 26.3 Å². The van der Waals surface area contributed by atoms with Gasteiger partial charge in [0.1, 0.15) is 25.3 Å². The van der Waals surface area contributed by atoms with Crippen molar-refractivity contribution in [1.29, 1.82) is 0 Å². The molecule has 0 unspecified atom stereocenters. The minimum atomic E-state index is 0.0746. The molecule has 1 aromatic rings. The predicted octanol–water partition coefficient (Wildman–Crippen LogP) is 0.880. The van der Waals surface area contributed by atoms with Crippen LogP contribution in [0.2, 0.25) is 0 Å². The number of amides is 1. The maximum Gasteiger partial charge on any atom is 0.279 e. The first-order valence-electron chi connectivity index (χ1n) is 7.44. The number of quaternary nitrogens is 1. The minimum Gasteiger partial charge on any atom is -0.364 e. The van der Waals surface area contributed by atoms with E-state index in [-0.39, 0.29) is 18.1 Å². The van der Waals surface area contributed by atoms with Crippen LogP contribution in [0.25, 0.3) is 0 Å². The quantitative estimate of drug-likeness (QED) is 0.858. The highest BCUT2D eigenvalue weighted by molar-refractivity contribution is 5.91. The molecule has 110 valence electrons. The number of hydrogen-bond donors (Lipinski definition) is 2. The summed E-state index contributed by atoms with van der Waals surface area (Å²) in [6.07, 6.45) is 1.47. The maximum absolute atomic E-state index is 12.1. The van der Waals surface area contributed by atoms with Crippen LogP contribution in [0.4, 0.5) is 5.69 Å². The molecule has 0 radical (unpaired) electrons. The third-order valence-corrected chi connectivity index (χ3v) is 3.67. The van der Waals surface area contributed by atoms with Crippen molar-refractivity contribution in [2.75, 3.05) is 25.0 Å². The van der Waals surface area contributed by atoms with Gasteiger partial charge in [0.2, 0.25) is 0 Å². The van der Waals surface area contributed by atoms with Crippen LogP contribution in [0.3, 0.4) is 0 Å². The predicted molar refractivity (Wildman–Crippen MR) is 80.0 cm³/mol. The Kier molecular flexibility index (Phi) is 5.15. The molecular weight excluding hydrogens is 252 g/mol. The highest BCUT2D eigenvalue weighted by atomic mass is 16.5. The molecule has 20 heavy (non-hydrogen) atoms. The molecule has 2 atom stereocenters. The molecule has 1 aromatic carbocycles. The van der Waals surface area contributed by atoms with E-state index in [1.54, 1.807) is 0 Å². The normalized spacial score (nSPS) is 26.2. The molecule has 2 rings (SSSR count). The molecule has 0 saturated carbocycles. The molecule has 4 nitrogen and oxygen atoms in total. The van der Waals surface area contributed by atoms with Gasteiger partial charge < -0.3 is 15.0 Å². The summed E-state index contributed by atoms with van der Waals surface area (Å²) in [5.41, 5.74) is 2.16. The second kappa shape index (κ2) is 6.86. The zero-order chi connectivity index (χ0) is 14.5. The summed E-state index contributed by atoms with van der Waals surface area (Å²) in [4.78, 5) is 13.4. The Labute approximate surface area is 121 Å². The molecule has 4 heteroatoms. The lowest BCUT2D eigenvalue weighted by atomic mass is 10.1. The monoisotopic (exact) mass is 277 g/mol. The number of morpholine rings is 1. The SMILES string of the molecule is CCc1ccc(NC(=O)C[NH+]2C[C@H](C)O[C@@H](C)C2)cc1. The average Bonchev–Trinajstić information content (AvgIpc) is 2.38. The van der Waals surface area contributed by atoms with Crippen LogP contribution >= 0.6 is 0 Å². The topological polar surface area (TPSA) is 42.8 Å². The summed E-state index contributed by atoms with van der Waals surface area (Å²) in [7, 11) is 0. The highest BCUT2D eigenvalue weighted by Gasteiger charge is 2.27. The number of benzene rings is 1. The molecule has 1 aliphatic heterocycles. The van der Waals surface area contributed by atoms with Crippen LogP contribution < -0.4 is 10.2 Å². The molecule has 1 amide bonds. The van der Waals surface area contributed by atoms with Gasteiger partial charge >= 0.3 is 0 Å². The second-order valence-corrected chi connectivity index (χ2v) is 5.69. The molecular formula is C16H25N2O2+. The van der Waals surface area contributed by atoms with E-state index in [1.165, 1.54) is 10.5 Å². The largest absolute Gasteiger partial charge is 0.364 e. The van der Waals surface area contributed by atoms with Gasteiger partial charge in [0, 0.05) is 5.69 Å². The van der Waals surface area contributed by atoms with Crippen molar-refractivity contribution in [1.82, 2.24) is 0 Å². The molecule has 1 fully saturated rings. The zero-order valence-electron chi connectivity index (χ0n) is 12.6. The highest BCUT2D eigenvalue weighted by Crippen LogP contribution is 2.09. The number of ether oxygens (including phenoxy) is 1. The van der Waals surface area contributed by atoms with Crippen molar-refractivity contribution in [3.8, 4) is 0 Å². The van der Waals surface area contributed by atoms with Gasteiger partial charge in [-0.05, 0) is 38.0 Å². The van der Waals surface area contributed by atoms with Crippen LogP contribution in [0.15, 0.2) is 24.3 Å². The summed E-state index contributed by atoms with van der Waals surface area (Å²) in [5, 5.41) is 2.97. The van der Waals surface area contributed by atoms with Gasteiger partial charge in [0.25, 0.3) is 5.91 Å². The lowest BCUT2D eigenvalue weighted by Gasteiger charge is -2.31. The van der Waals surface area contributed by atoms with Crippen molar-refractivity contribution < 1.29 is 14.4 Å². The molecule has 0 aliphatic carbocycles. The first kappa shape index (κ1) is 15.0. The number of anilines is 1. The molecule has 1 heterocycles. The number of carbonyl (C=O) groups is 1. The van der Waals surface area contributed by atoms with Crippen molar-refractivity contribution in [2.45, 2.75) is 39.4 Å². The van der Waals surface area contributed by atoms with E-state index in [1.807, 2.05) is 12.1 Å². The average molecular weight is 277 g/mol. The maximum atomic E-state index is 12.1. The molecule has 0 bridgehead atoms. The number of rotatable bonds is 4. The number of nitrogens with one attached hydrogen (secondary N) is 2. The third-order valence-electron chi connectivity index (χ3n) is 3.67. The van der Waals surface area contributed by atoms with E-state index in [9.17, 15) is 4.79 Å². The molecule has 2 N–H and O–H groups in total. The van der Waals surface area contributed by atoms with E-state index in [0.29, 0.717) is 6.54 Å². The molecule has 1 saturated heterocycles. The third kappa shape index (κ3) is 4.32. The van der Waals surface area contributed by atoms with Crippen LogP contribution in [0, 0.1) is 0 Å². The standard InChI is InChI=1S/C16H24N2O2/c1-4-14-5-7-15(8-6-14)17-16(19)11-18-9-12(2)20-13(3)10-18/h5-8,12-13H,4,9-11H2,1-3H3,(H,17,19)/p+1/t12-,13-/m0/s1. The fourth-order valence-corrected chi connectivity index (χ4v) is 2.79. The van der Waals surface area contributed by atoms with Crippen molar-refractivity contribution in [3.05, 3.63) is 29.8 Å². The molecule has 0 spiro atoms. The van der Waals surface area contributed by atoms with E-state index in [2.05, 4.69) is 38.2 Å². The first-order valence-corrected chi connectivity index (χ1v) is 7.44. The Bertz CT molecular complexity index is 434. The van der Waals surface area contributed by atoms with E-state index < -0.39 is 0 Å². The molecule has 0 aromatic heterocycles. The van der Waals surface area contributed by atoms with Gasteiger partial charge in [0.15, 0.2) is 6.54 Å². The fraction of sp³-hybridized carbons (Fsp3) is 0.562. The number of hydrogen-bond acceptors (Lipinski definition) is 2. The lowest BCUT2D eigenvalue weighted by Crippen LogP contribution is -3.16. The van der Waals surface area contributed by atoms with Crippen LogP contribution in [0.5, 0.6) is 0 Å². The van der Waals surface area contributed by atoms with Gasteiger partial charge in [-0.1, -0.05) is 19.1 Å². The van der Waals surface area contributed by atoms with Gasteiger partial charge in [-0.3, -0.25) is 4.79 Å². The summed E-state index contributed by atoms with van der Waals surface area (Å²) in [6, 6.07) is 8.05. The van der Waals surface area contributed by atoms with Crippen molar-refractivity contribution in [2.24, 2.45) is 0 Å². The number of carbonyl (C=O) groups excluding carboxylic acids is 1. The van der Waals surface area contributed by atoms with Crippen LogP contribution in [-0.4, -0.2) is 37.7 Å². The van der Waals surface area contributed by atoms with E-state index in [4.69, 9.17) is 4.74 Å². The van der Waals surface area contributed by atoms with Crippen molar-refractivity contribution >= 4 is 11.6 Å². The zero-order valence-corrected chi connectivity index (χ0v) is 12.6.